The molecule has 0 heterocycles. The molecule has 0 aliphatic heterocycles. The molecule has 0 aromatic heterocycles. The molecule has 0 unspecified atom stereocenters. The molecular formula is C20H23Cl2N3O3. The maximum Gasteiger partial charge on any atom is 0.332 e. The first kappa shape index (κ1) is 21.9. The van der Waals surface area contributed by atoms with Crippen LogP contribution in [-0.4, -0.2) is 25.5 Å². The number of hydrazone groups is 1. The summed E-state index contributed by atoms with van der Waals surface area (Å²) in [7, 11) is 0. The van der Waals surface area contributed by atoms with Crippen molar-refractivity contribution in [1.82, 2.24) is 5.43 Å². The summed E-state index contributed by atoms with van der Waals surface area (Å²) in [5, 5.41) is 4.45. The Morgan fingerprint density at radius 2 is 1.89 bits per heavy atom. The summed E-state index contributed by atoms with van der Waals surface area (Å²) in [6.07, 6.45) is 2.45. The van der Waals surface area contributed by atoms with Crippen molar-refractivity contribution in [2.24, 2.45) is 10.8 Å². The van der Waals surface area contributed by atoms with Crippen LogP contribution in [0.3, 0.4) is 0 Å². The Labute approximate surface area is 174 Å². The number of ether oxygens (including phenoxy) is 2. The van der Waals surface area contributed by atoms with E-state index in [1.165, 1.54) is 11.8 Å². The van der Waals surface area contributed by atoms with Gasteiger partial charge in [-0.2, -0.15) is 5.10 Å². The van der Waals surface area contributed by atoms with Crippen LogP contribution in [-0.2, 0) is 0 Å². The molecule has 0 radical (unpaired) electrons. The largest absolute Gasteiger partial charge is 0.490 e. The number of primary amides is 1. The zero-order valence-electron chi connectivity index (χ0n) is 15.7. The maximum atomic E-state index is 10.7. The molecule has 0 bridgehead atoms. The Bertz CT molecular complexity index is 826. The van der Waals surface area contributed by atoms with Gasteiger partial charge in [-0.25, -0.2) is 10.2 Å². The van der Waals surface area contributed by atoms with Gasteiger partial charge in [0.2, 0.25) is 0 Å². The van der Waals surface area contributed by atoms with Crippen LogP contribution in [0.15, 0.2) is 41.5 Å². The minimum atomic E-state index is -0.778. The van der Waals surface area contributed by atoms with Gasteiger partial charge in [0, 0.05) is 10.6 Å². The Hall–Kier alpha value is -2.44. The number of carbonyl (C=O) groups excluding carboxylic acids is 1. The Morgan fingerprint density at radius 3 is 2.54 bits per heavy atom. The molecule has 2 amide bonds. The van der Waals surface area contributed by atoms with E-state index < -0.39 is 6.03 Å². The highest BCUT2D eigenvalue weighted by Crippen LogP contribution is 2.31. The molecule has 0 saturated heterocycles. The molecule has 2 rings (SSSR count). The molecule has 8 heteroatoms. The quantitative estimate of drug-likeness (QED) is 0.339. The van der Waals surface area contributed by atoms with Crippen LogP contribution in [0.2, 0.25) is 10.0 Å². The average molecular weight is 424 g/mol. The van der Waals surface area contributed by atoms with Crippen LogP contribution >= 0.6 is 23.2 Å². The fourth-order valence-corrected chi connectivity index (χ4v) is 2.99. The first-order valence-corrected chi connectivity index (χ1v) is 9.59. The summed E-state index contributed by atoms with van der Waals surface area (Å²) in [5.74, 6) is 1.68. The van der Waals surface area contributed by atoms with Gasteiger partial charge in [-0.3, -0.25) is 0 Å². The number of urea groups is 1. The molecule has 0 aliphatic carbocycles. The lowest BCUT2D eigenvalue weighted by Crippen LogP contribution is -2.24. The second-order valence-corrected chi connectivity index (χ2v) is 6.96. The summed E-state index contributed by atoms with van der Waals surface area (Å²) < 4.78 is 11.4. The predicted octanol–water partition coefficient (Wildman–Crippen LogP) is 4.97. The lowest BCUT2D eigenvalue weighted by Gasteiger charge is -2.13. The van der Waals surface area contributed by atoms with E-state index in [2.05, 4.69) is 36.5 Å². The fraction of sp³-hybridized carbons (Fsp3) is 0.300. The van der Waals surface area contributed by atoms with Crippen molar-refractivity contribution >= 4 is 35.4 Å². The molecule has 2 aromatic carbocycles. The minimum Gasteiger partial charge on any atom is -0.490 e. The molecule has 2 aromatic rings. The molecule has 6 nitrogen and oxygen atoms in total. The van der Waals surface area contributed by atoms with Crippen LogP contribution in [0, 0.1) is 0 Å². The van der Waals surface area contributed by atoms with Gasteiger partial charge >= 0.3 is 6.03 Å². The molecule has 0 spiro atoms. The summed E-state index contributed by atoms with van der Waals surface area (Å²) in [6, 6.07) is 10.4. The minimum absolute atomic E-state index is 0.262. The lowest BCUT2D eigenvalue weighted by molar-refractivity contribution is 0.217. The van der Waals surface area contributed by atoms with Gasteiger partial charge in [-0.15, -0.1) is 0 Å². The zero-order chi connectivity index (χ0) is 20.5. The van der Waals surface area contributed by atoms with Crippen molar-refractivity contribution in [2.45, 2.75) is 26.2 Å². The molecule has 0 aliphatic rings. The summed E-state index contributed by atoms with van der Waals surface area (Å²) in [6.45, 7) is 4.95. The van der Waals surface area contributed by atoms with Gasteiger partial charge in [-0.05, 0) is 42.2 Å². The van der Waals surface area contributed by atoms with E-state index in [1.54, 1.807) is 12.1 Å². The number of rotatable bonds is 9. The second kappa shape index (κ2) is 10.8. The molecule has 3 N–H and O–H groups in total. The van der Waals surface area contributed by atoms with E-state index in [0.717, 1.165) is 12.2 Å². The monoisotopic (exact) mass is 423 g/mol. The molecule has 0 fully saturated rings. The third-order valence-corrected chi connectivity index (χ3v) is 4.57. The highest BCUT2D eigenvalue weighted by molar-refractivity contribution is 6.36. The van der Waals surface area contributed by atoms with E-state index in [0.29, 0.717) is 33.9 Å². The standard InChI is InChI=1S/C20H23Cl2N3O3/c1-3-13(2)14-4-6-17(7-5-14)27-8-9-28-19-15(12-24-25-20(23)26)10-16(21)11-18(19)22/h4-7,10-13H,3,8-9H2,1-2H3,(H3,23,25,26)/b24-12-/t13-/m1/s1. The normalized spacial score (nSPS) is 12.0. The molecule has 150 valence electrons. The topological polar surface area (TPSA) is 85.9 Å². The van der Waals surface area contributed by atoms with Gasteiger partial charge in [0.15, 0.2) is 0 Å². The number of nitrogens with zero attached hydrogens (tertiary/aromatic N) is 1. The van der Waals surface area contributed by atoms with Crippen LogP contribution in [0.1, 0.15) is 37.3 Å². The number of carbonyl (C=O) groups is 1. The summed E-state index contributed by atoms with van der Waals surface area (Å²) in [4.78, 5) is 10.7. The van der Waals surface area contributed by atoms with Crippen molar-refractivity contribution in [3.05, 3.63) is 57.6 Å². The van der Waals surface area contributed by atoms with Gasteiger partial charge in [-0.1, -0.05) is 49.2 Å². The van der Waals surface area contributed by atoms with E-state index in [1.807, 2.05) is 12.1 Å². The number of nitrogens with one attached hydrogen (secondary N) is 1. The Morgan fingerprint density at radius 1 is 1.21 bits per heavy atom. The molecule has 0 saturated carbocycles. The first-order chi connectivity index (χ1) is 13.4. The van der Waals surface area contributed by atoms with E-state index in [9.17, 15) is 4.79 Å². The third kappa shape index (κ3) is 6.62. The van der Waals surface area contributed by atoms with Crippen molar-refractivity contribution < 1.29 is 14.3 Å². The molecular weight excluding hydrogens is 401 g/mol. The number of hydrogen-bond donors (Lipinski definition) is 2. The summed E-state index contributed by atoms with van der Waals surface area (Å²) in [5.41, 5.74) is 8.87. The van der Waals surface area contributed by atoms with Crippen LogP contribution in [0.25, 0.3) is 0 Å². The highest BCUT2D eigenvalue weighted by Gasteiger charge is 2.10. The van der Waals surface area contributed by atoms with Gasteiger partial charge in [0.05, 0.1) is 11.2 Å². The molecule has 28 heavy (non-hydrogen) atoms. The van der Waals surface area contributed by atoms with Crippen molar-refractivity contribution in [2.75, 3.05) is 13.2 Å². The van der Waals surface area contributed by atoms with Crippen molar-refractivity contribution in [3.63, 3.8) is 0 Å². The third-order valence-electron chi connectivity index (χ3n) is 4.08. The second-order valence-electron chi connectivity index (χ2n) is 6.12. The molecule has 1 atom stereocenters. The van der Waals surface area contributed by atoms with Gasteiger partial charge in [0.25, 0.3) is 0 Å². The number of benzene rings is 2. The fourth-order valence-electron chi connectivity index (χ4n) is 2.43. The Balaban J connectivity index is 1.95. The highest BCUT2D eigenvalue weighted by atomic mass is 35.5. The number of hydrogen-bond acceptors (Lipinski definition) is 4. The summed E-state index contributed by atoms with van der Waals surface area (Å²) >= 11 is 12.2. The van der Waals surface area contributed by atoms with Gasteiger partial charge < -0.3 is 15.2 Å². The smallest absolute Gasteiger partial charge is 0.332 e. The number of amides is 2. The van der Waals surface area contributed by atoms with Crippen LogP contribution in [0.5, 0.6) is 11.5 Å². The van der Waals surface area contributed by atoms with Crippen molar-refractivity contribution in [3.8, 4) is 11.5 Å². The first-order valence-electron chi connectivity index (χ1n) is 8.83. The SMILES string of the molecule is CC[C@@H](C)c1ccc(OCCOc2c(Cl)cc(Cl)cc2/C=N\NC(N)=O)cc1. The van der Waals surface area contributed by atoms with Crippen molar-refractivity contribution in [1.29, 1.82) is 0 Å². The van der Waals surface area contributed by atoms with E-state index in [4.69, 9.17) is 38.4 Å². The lowest BCUT2D eigenvalue weighted by atomic mass is 9.99. The van der Waals surface area contributed by atoms with Gasteiger partial charge in [0.1, 0.15) is 24.7 Å². The zero-order valence-corrected chi connectivity index (χ0v) is 17.3. The van der Waals surface area contributed by atoms with E-state index in [-0.39, 0.29) is 6.61 Å². The predicted molar refractivity (Wildman–Crippen MR) is 113 cm³/mol. The number of halogens is 2. The maximum absolute atomic E-state index is 10.7. The van der Waals surface area contributed by atoms with Crippen LogP contribution in [0.4, 0.5) is 4.79 Å². The van der Waals surface area contributed by atoms with E-state index >= 15 is 0 Å². The van der Waals surface area contributed by atoms with Crippen LogP contribution < -0.4 is 20.6 Å². The Kier molecular flexibility index (Phi) is 8.42. The average Bonchev–Trinajstić information content (AvgIpc) is 2.66. The number of nitrogens with two attached hydrogens (primary N) is 1.